The van der Waals surface area contributed by atoms with Crippen LogP contribution in [-0.4, -0.2) is 34.1 Å². The van der Waals surface area contributed by atoms with Gasteiger partial charge in [0.2, 0.25) is 11.6 Å². The summed E-state index contributed by atoms with van der Waals surface area (Å²) in [5.41, 5.74) is 5.12. The average molecular weight is 267 g/mol. The second-order valence-corrected chi connectivity index (χ2v) is 5.19. The molecule has 3 N–H and O–H groups in total. The molecule has 1 aliphatic rings. The number of hydrogen-bond donors (Lipinski definition) is 2. The number of ether oxygens (including phenoxy) is 1. The van der Waals surface area contributed by atoms with Crippen LogP contribution in [-0.2, 0) is 4.74 Å². The smallest absolute Gasteiger partial charge is 0.352 e. The van der Waals surface area contributed by atoms with E-state index in [2.05, 4.69) is 15.3 Å². The molecule has 8 heteroatoms. The number of anilines is 2. The first-order valence-electron chi connectivity index (χ1n) is 5.92. The molecular formula is C11H17N5O3. The predicted octanol–water partition coefficient (Wildman–Crippen LogP) is 1.19. The van der Waals surface area contributed by atoms with Crippen LogP contribution in [0.1, 0.15) is 20.3 Å². The molecule has 1 saturated carbocycles. The third-order valence-electron chi connectivity index (χ3n) is 3.81. The molecule has 0 aromatic carbocycles. The van der Waals surface area contributed by atoms with Gasteiger partial charge in [0.1, 0.15) is 6.33 Å². The van der Waals surface area contributed by atoms with Crippen LogP contribution < -0.4 is 11.1 Å². The van der Waals surface area contributed by atoms with Gasteiger partial charge in [0.05, 0.1) is 11.0 Å². The molecule has 2 atom stereocenters. The second kappa shape index (κ2) is 4.61. The Kier molecular flexibility index (Phi) is 3.27. The van der Waals surface area contributed by atoms with Crippen molar-refractivity contribution in [2.45, 2.75) is 32.4 Å². The Morgan fingerprint density at radius 2 is 2.26 bits per heavy atom. The third-order valence-corrected chi connectivity index (χ3v) is 3.81. The molecule has 1 heterocycles. The maximum atomic E-state index is 11.0. The lowest BCUT2D eigenvalue weighted by atomic mass is 9.64. The standard InChI is InChI=1S/C11H17N5O3/c1-11(2)6(4-7(11)19-3)15-10-8(16(17)18)9(12)13-5-14-10/h5-7H,4H2,1-3H3,(H3,12,13,14,15). The summed E-state index contributed by atoms with van der Waals surface area (Å²) >= 11 is 0. The number of methoxy groups -OCH3 is 1. The van der Waals surface area contributed by atoms with Crippen molar-refractivity contribution in [2.75, 3.05) is 18.2 Å². The minimum atomic E-state index is -0.572. The van der Waals surface area contributed by atoms with Gasteiger partial charge < -0.3 is 15.8 Å². The van der Waals surface area contributed by atoms with Gasteiger partial charge in [0, 0.05) is 18.6 Å². The van der Waals surface area contributed by atoms with Crippen molar-refractivity contribution in [1.29, 1.82) is 0 Å². The molecular weight excluding hydrogens is 250 g/mol. The van der Waals surface area contributed by atoms with Gasteiger partial charge in [-0.3, -0.25) is 10.1 Å². The van der Waals surface area contributed by atoms with Crippen molar-refractivity contribution in [3.63, 3.8) is 0 Å². The molecule has 0 spiro atoms. The van der Waals surface area contributed by atoms with Gasteiger partial charge in [-0.2, -0.15) is 0 Å². The monoisotopic (exact) mass is 267 g/mol. The summed E-state index contributed by atoms with van der Waals surface area (Å²) in [4.78, 5) is 18.0. The van der Waals surface area contributed by atoms with E-state index < -0.39 is 4.92 Å². The van der Waals surface area contributed by atoms with Crippen molar-refractivity contribution in [1.82, 2.24) is 9.97 Å². The fourth-order valence-electron chi connectivity index (χ4n) is 2.37. The molecule has 8 nitrogen and oxygen atoms in total. The van der Waals surface area contributed by atoms with Gasteiger partial charge in [-0.05, 0) is 6.42 Å². The molecule has 1 fully saturated rings. The summed E-state index contributed by atoms with van der Waals surface area (Å²) in [7, 11) is 1.66. The lowest BCUT2D eigenvalue weighted by Crippen LogP contribution is -2.57. The van der Waals surface area contributed by atoms with E-state index in [-0.39, 0.29) is 34.9 Å². The van der Waals surface area contributed by atoms with Crippen molar-refractivity contribution in [2.24, 2.45) is 5.41 Å². The Morgan fingerprint density at radius 3 is 2.79 bits per heavy atom. The van der Waals surface area contributed by atoms with Gasteiger partial charge in [0.15, 0.2) is 0 Å². The second-order valence-electron chi connectivity index (χ2n) is 5.19. The molecule has 0 radical (unpaired) electrons. The quantitative estimate of drug-likeness (QED) is 0.621. The lowest BCUT2D eigenvalue weighted by molar-refractivity contribution is -0.383. The SMILES string of the molecule is COC1CC(Nc2ncnc(N)c2[N+](=O)[O-])C1(C)C. The van der Waals surface area contributed by atoms with Crippen LogP contribution in [0.3, 0.4) is 0 Å². The van der Waals surface area contributed by atoms with Crippen molar-refractivity contribution < 1.29 is 9.66 Å². The highest BCUT2D eigenvalue weighted by Crippen LogP contribution is 2.44. The largest absolute Gasteiger partial charge is 0.381 e. The van der Waals surface area contributed by atoms with E-state index in [0.29, 0.717) is 0 Å². The van der Waals surface area contributed by atoms with Crippen molar-refractivity contribution in [3.8, 4) is 0 Å². The van der Waals surface area contributed by atoms with Gasteiger partial charge in [0.25, 0.3) is 0 Å². The number of nitrogens with two attached hydrogens (primary N) is 1. The number of rotatable bonds is 4. The highest BCUT2D eigenvalue weighted by molar-refractivity contribution is 5.67. The van der Waals surface area contributed by atoms with Crippen LogP contribution in [0.15, 0.2) is 6.33 Å². The number of aromatic nitrogens is 2. The predicted molar refractivity (Wildman–Crippen MR) is 69.7 cm³/mol. The normalized spacial score (nSPS) is 24.6. The van der Waals surface area contributed by atoms with Crippen LogP contribution in [0.5, 0.6) is 0 Å². The van der Waals surface area contributed by atoms with E-state index in [1.54, 1.807) is 7.11 Å². The fraction of sp³-hybridized carbons (Fsp3) is 0.636. The molecule has 0 bridgehead atoms. The summed E-state index contributed by atoms with van der Waals surface area (Å²) < 4.78 is 5.34. The average Bonchev–Trinajstić information content (AvgIpc) is 2.33. The molecule has 2 unspecified atom stereocenters. The van der Waals surface area contributed by atoms with E-state index in [0.717, 1.165) is 6.42 Å². The van der Waals surface area contributed by atoms with E-state index >= 15 is 0 Å². The Hall–Kier alpha value is -1.96. The van der Waals surface area contributed by atoms with E-state index in [4.69, 9.17) is 10.5 Å². The first kappa shape index (κ1) is 13.5. The van der Waals surface area contributed by atoms with Crippen LogP contribution in [0, 0.1) is 15.5 Å². The third kappa shape index (κ3) is 2.19. The first-order valence-corrected chi connectivity index (χ1v) is 5.92. The first-order chi connectivity index (χ1) is 8.87. The van der Waals surface area contributed by atoms with Gasteiger partial charge in [-0.25, -0.2) is 9.97 Å². The van der Waals surface area contributed by atoms with Crippen LogP contribution in [0.25, 0.3) is 0 Å². The number of hydrogen-bond acceptors (Lipinski definition) is 7. The maximum Gasteiger partial charge on any atom is 0.352 e. The molecule has 1 aliphatic carbocycles. The Bertz CT molecular complexity index is 505. The lowest BCUT2D eigenvalue weighted by Gasteiger charge is -2.51. The molecule has 104 valence electrons. The van der Waals surface area contributed by atoms with Gasteiger partial charge in [-0.15, -0.1) is 0 Å². The molecule has 19 heavy (non-hydrogen) atoms. The summed E-state index contributed by atoms with van der Waals surface area (Å²) in [6, 6.07) is 0.0467. The highest BCUT2D eigenvalue weighted by Gasteiger charge is 2.49. The van der Waals surface area contributed by atoms with Crippen molar-refractivity contribution >= 4 is 17.3 Å². The zero-order valence-corrected chi connectivity index (χ0v) is 11.1. The molecule has 0 aliphatic heterocycles. The van der Waals surface area contributed by atoms with E-state index in [1.165, 1.54) is 6.33 Å². The van der Waals surface area contributed by atoms with E-state index in [1.807, 2.05) is 13.8 Å². The molecule has 0 saturated heterocycles. The van der Waals surface area contributed by atoms with Crippen LogP contribution >= 0.6 is 0 Å². The Morgan fingerprint density at radius 1 is 1.58 bits per heavy atom. The van der Waals surface area contributed by atoms with E-state index in [9.17, 15) is 10.1 Å². The number of nitrogens with one attached hydrogen (secondary N) is 1. The Balaban J connectivity index is 2.22. The summed E-state index contributed by atoms with van der Waals surface area (Å²) in [6.45, 7) is 4.08. The molecule has 1 aromatic heterocycles. The van der Waals surface area contributed by atoms with Crippen LogP contribution in [0.2, 0.25) is 0 Å². The maximum absolute atomic E-state index is 11.0. The summed E-state index contributed by atoms with van der Waals surface area (Å²) in [5, 5.41) is 14.1. The molecule has 1 aromatic rings. The van der Waals surface area contributed by atoms with Crippen molar-refractivity contribution in [3.05, 3.63) is 16.4 Å². The molecule has 0 amide bonds. The zero-order chi connectivity index (χ0) is 14.2. The van der Waals surface area contributed by atoms with Gasteiger partial charge in [-0.1, -0.05) is 13.8 Å². The number of nitrogens with zero attached hydrogens (tertiary/aromatic N) is 3. The van der Waals surface area contributed by atoms with Gasteiger partial charge >= 0.3 is 5.69 Å². The topological polar surface area (TPSA) is 116 Å². The summed E-state index contributed by atoms with van der Waals surface area (Å²) in [6.07, 6.45) is 2.11. The molecule has 2 rings (SSSR count). The minimum Gasteiger partial charge on any atom is -0.381 e. The minimum absolute atomic E-state index is 0.0467. The number of nitro groups is 1. The summed E-state index contributed by atoms with van der Waals surface area (Å²) in [5.74, 6) is 0.0213. The highest BCUT2D eigenvalue weighted by atomic mass is 16.6. The zero-order valence-electron chi connectivity index (χ0n) is 11.1. The fourth-order valence-corrected chi connectivity index (χ4v) is 2.37. The van der Waals surface area contributed by atoms with Crippen LogP contribution in [0.4, 0.5) is 17.3 Å². The number of nitrogen functional groups attached to an aromatic ring is 1. The Labute approximate surface area is 110 Å².